The van der Waals surface area contributed by atoms with E-state index in [1.165, 1.54) is 12.4 Å². The Bertz CT molecular complexity index is 1050. The summed E-state index contributed by atoms with van der Waals surface area (Å²) in [6, 6.07) is 6.25. The maximum Gasteiger partial charge on any atom is 0.319 e. The maximum atomic E-state index is 12.4. The zero-order valence-electron chi connectivity index (χ0n) is 14.5. The molecule has 0 fully saturated rings. The number of aromatic nitrogens is 4. The summed E-state index contributed by atoms with van der Waals surface area (Å²) >= 11 is 6.64. The summed E-state index contributed by atoms with van der Waals surface area (Å²) in [5.74, 6) is 0. The number of anilines is 1. The van der Waals surface area contributed by atoms with Crippen molar-refractivity contribution in [2.75, 3.05) is 5.32 Å². The average molecular weight is 503 g/mol. The van der Waals surface area contributed by atoms with Crippen LogP contribution in [0.5, 0.6) is 0 Å². The van der Waals surface area contributed by atoms with Crippen LogP contribution < -0.4 is 10.6 Å². The van der Waals surface area contributed by atoms with E-state index >= 15 is 0 Å². The van der Waals surface area contributed by atoms with Crippen LogP contribution in [0.1, 0.15) is 24.2 Å². The third-order valence-electron chi connectivity index (χ3n) is 3.69. The molecule has 0 aliphatic heterocycles. The summed E-state index contributed by atoms with van der Waals surface area (Å²) in [5, 5.41) is 14.5. The van der Waals surface area contributed by atoms with E-state index in [1.807, 2.05) is 6.07 Å². The molecular formula is C18H13Br2N7O. The summed E-state index contributed by atoms with van der Waals surface area (Å²) in [6.45, 7) is 1.80. The summed E-state index contributed by atoms with van der Waals surface area (Å²) in [6.07, 6.45) is 6.10. The van der Waals surface area contributed by atoms with Crippen LogP contribution in [-0.4, -0.2) is 26.0 Å². The number of nitriles is 1. The van der Waals surface area contributed by atoms with Crippen molar-refractivity contribution >= 4 is 43.6 Å². The molecule has 0 spiro atoms. The molecule has 1 unspecified atom stereocenters. The van der Waals surface area contributed by atoms with Gasteiger partial charge in [-0.1, -0.05) is 0 Å². The third-order valence-corrected chi connectivity index (χ3v) is 4.78. The molecule has 140 valence electrons. The molecule has 2 amide bonds. The number of hydrogen-bond acceptors (Lipinski definition) is 6. The average Bonchev–Trinajstić information content (AvgIpc) is 2.70. The second-order valence-electron chi connectivity index (χ2n) is 5.64. The van der Waals surface area contributed by atoms with Crippen LogP contribution in [0.4, 0.5) is 10.5 Å². The number of halogens is 2. The van der Waals surface area contributed by atoms with Crippen molar-refractivity contribution in [1.29, 1.82) is 5.26 Å². The van der Waals surface area contributed by atoms with Gasteiger partial charge in [0.1, 0.15) is 16.4 Å². The normalized spacial score (nSPS) is 11.4. The Morgan fingerprint density at radius 3 is 2.61 bits per heavy atom. The topological polar surface area (TPSA) is 116 Å². The van der Waals surface area contributed by atoms with Crippen LogP contribution in [0, 0.1) is 11.3 Å². The second kappa shape index (κ2) is 8.86. The van der Waals surface area contributed by atoms with Crippen LogP contribution in [0.3, 0.4) is 0 Å². The molecule has 0 bridgehead atoms. The van der Waals surface area contributed by atoms with Crippen LogP contribution >= 0.6 is 31.9 Å². The zero-order chi connectivity index (χ0) is 20.1. The lowest BCUT2D eigenvalue weighted by atomic mass is 10.1. The summed E-state index contributed by atoms with van der Waals surface area (Å²) in [7, 11) is 0. The minimum atomic E-state index is -0.441. The Morgan fingerprint density at radius 1 is 1.14 bits per heavy atom. The molecule has 8 nitrogen and oxygen atoms in total. The quantitative estimate of drug-likeness (QED) is 0.516. The fourth-order valence-corrected chi connectivity index (χ4v) is 3.44. The zero-order valence-corrected chi connectivity index (χ0v) is 17.7. The van der Waals surface area contributed by atoms with Crippen molar-refractivity contribution in [2.24, 2.45) is 0 Å². The van der Waals surface area contributed by atoms with Gasteiger partial charge < -0.3 is 10.6 Å². The number of hydrogen-bond donors (Lipinski definition) is 2. The molecule has 0 saturated heterocycles. The molecule has 0 aliphatic rings. The number of urea groups is 1. The van der Waals surface area contributed by atoms with Crippen molar-refractivity contribution in [3.05, 3.63) is 63.3 Å². The predicted octanol–water partition coefficient (Wildman–Crippen LogP) is 4.21. The van der Waals surface area contributed by atoms with Gasteiger partial charge in [-0.2, -0.15) is 5.26 Å². The standard InChI is InChI=1S/C18H13Br2N7O/c1-10(26-18(28)27-14-9-25-15(20)6-12(14)19)16-17(23-5-4-22-16)13-3-2-11(7-21)8-24-13/h2-6,8-10H,1H3,(H2,26,27,28). The first-order valence-corrected chi connectivity index (χ1v) is 9.62. The fourth-order valence-electron chi connectivity index (χ4n) is 2.39. The molecule has 2 N–H and O–H groups in total. The van der Waals surface area contributed by atoms with E-state index in [9.17, 15) is 4.79 Å². The highest BCUT2D eigenvalue weighted by molar-refractivity contribution is 9.11. The Labute approximate surface area is 177 Å². The van der Waals surface area contributed by atoms with Crippen LogP contribution in [0.15, 0.2) is 52.1 Å². The lowest BCUT2D eigenvalue weighted by Crippen LogP contribution is -2.32. The molecule has 1 atom stereocenters. The highest BCUT2D eigenvalue weighted by Gasteiger charge is 2.18. The molecule has 3 aromatic rings. The van der Waals surface area contributed by atoms with Crippen molar-refractivity contribution in [3.63, 3.8) is 0 Å². The number of amides is 2. The van der Waals surface area contributed by atoms with E-state index in [0.717, 1.165) is 0 Å². The first kappa shape index (κ1) is 19.9. The SMILES string of the molecule is CC(NC(=O)Nc1cnc(Br)cc1Br)c1nccnc1-c1ccc(C#N)cn1. The summed E-state index contributed by atoms with van der Waals surface area (Å²) in [4.78, 5) is 29.4. The van der Waals surface area contributed by atoms with Gasteiger partial charge in [0.15, 0.2) is 0 Å². The van der Waals surface area contributed by atoms with Crippen molar-refractivity contribution < 1.29 is 4.79 Å². The maximum absolute atomic E-state index is 12.4. The summed E-state index contributed by atoms with van der Waals surface area (Å²) in [5.41, 5.74) is 2.64. The van der Waals surface area contributed by atoms with Gasteiger partial charge in [-0.25, -0.2) is 9.78 Å². The Kier molecular flexibility index (Phi) is 6.28. The molecule has 0 radical (unpaired) electrons. The van der Waals surface area contributed by atoms with Crippen LogP contribution in [0.2, 0.25) is 0 Å². The van der Waals surface area contributed by atoms with Gasteiger partial charge in [0, 0.05) is 23.1 Å². The lowest BCUT2D eigenvalue weighted by Gasteiger charge is -2.17. The van der Waals surface area contributed by atoms with Crippen molar-refractivity contribution in [1.82, 2.24) is 25.3 Å². The predicted molar refractivity (Wildman–Crippen MR) is 110 cm³/mol. The molecular weight excluding hydrogens is 490 g/mol. The number of nitrogens with zero attached hydrogens (tertiary/aromatic N) is 5. The molecule has 3 aromatic heterocycles. The van der Waals surface area contributed by atoms with Gasteiger partial charge in [-0.3, -0.25) is 15.0 Å². The molecule has 0 saturated carbocycles. The van der Waals surface area contributed by atoms with Gasteiger partial charge >= 0.3 is 6.03 Å². The lowest BCUT2D eigenvalue weighted by molar-refractivity contribution is 0.249. The molecule has 0 aromatic carbocycles. The minimum Gasteiger partial charge on any atom is -0.330 e. The van der Waals surface area contributed by atoms with E-state index in [-0.39, 0.29) is 0 Å². The molecule has 0 aliphatic carbocycles. The van der Waals surface area contributed by atoms with E-state index in [0.29, 0.717) is 37.4 Å². The van der Waals surface area contributed by atoms with Gasteiger partial charge in [0.2, 0.25) is 0 Å². The summed E-state index contributed by atoms with van der Waals surface area (Å²) < 4.78 is 1.34. The highest BCUT2D eigenvalue weighted by atomic mass is 79.9. The molecule has 10 heteroatoms. The van der Waals surface area contributed by atoms with Gasteiger partial charge in [0.25, 0.3) is 0 Å². The Hall–Kier alpha value is -2.90. The molecule has 3 heterocycles. The third kappa shape index (κ3) is 4.68. The van der Waals surface area contributed by atoms with Crippen LogP contribution in [0.25, 0.3) is 11.4 Å². The first-order valence-electron chi connectivity index (χ1n) is 8.04. The van der Waals surface area contributed by atoms with Gasteiger partial charge in [-0.15, -0.1) is 0 Å². The minimum absolute atomic E-state index is 0.415. The fraction of sp³-hybridized carbons (Fsp3) is 0.111. The number of pyridine rings is 2. The Morgan fingerprint density at radius 2 is 1.93 bits per heavy atom. The monoisotopic (exact) mass is 501 g/mol. The second-order valence-corrected chi connectivity index (χ2v) is 7.31. The van der Waals surface area contributed by atoms with E-state index in [1.54, 1.807) is 37.5 Å². The molecule has 3 rings (SSSR count). The highest BCUT2D eigenvalue weighted by Crippen LogP contribution is 2.25. The molecule has 28 heavy (non-hydrogen) atoms. The van der Waals surface area contributed by atoms with Crippen molar-refractivity contribution in [3.8, 4) is 17.5 Å². The number of rotatable bonds is 4. The van der Waals surface area contributed by atoms with Gasteiger partial charge in [0.05, 0.1) is 34.9 Å². The van der Waals surface area contributed by atoms with E-state index in [4.69, 9.17) is 5.26 Å². The number of carbonyl (C=O) groups excluding carboxylic acids is 1. The van der Waals surface area contributed by atoms with E-state index < -0.39 is 12.1 Å². The van der Waals surface area contributed by atoms with E-state index in [2.05, 4.69) is 62.4 Å². The van der Waals surface area contributed by atoms with Crippen molar-refractivity contribution in [2.45, 2.75) is 13.0 Å². The van der Waals surface area contributed by atoms with Crippen LogP contribution in [-0.2, 0) is 0 Å². The number of nitrogens with one attached hydrogen (secondary N) is 2. The Balaban J connectivity index is 1.78. The van der Waals surface area contributed by atoms with Gasteiger partial charge in [-0.05, 0) is 57.0 Å². The first-order chi connectivity index (χ1) is 13.5. The largest absolute Gasteiger partial charge is 0.330 e. The smallest absolute Gasteiger partial charge is 0.319 e. The number of carbonyl (C=O) groups is 1.